The van der Waals surface area contributed by atoms with Crippen molar-refractivity contribution < 1.29 is 0 Å². The van der Waals surface area contributed by atoms with Crippen LogP contribution in [0.25, 0.3) is 11.2 Å². The molecular formula is C17H27N5O2. The molecule has 1 N–H and O–H groups in total. The molecule has 24 heavy (non-hydrogen) atoms. The van der Waals surface area contributed by atoms with E-state index in [1.807, 2.05) is 18.4 Å². The quantitative estimate of drug-likeness (QED) is 0.865. The molecule has 0 atom stereocenters. The highest BCUT2D eigenvalue weighted by Crippen LogP contribution is 2.17. The van der Waals surface area contributed by atoms with Crippen molar-refractivity contribution in [3.63, 3.8) is 0 Å². The van der Waals surface area contributed by atoms with Gasteiger partial charge in [0, 0.05) is 32.2 Å². The standard InChI is InChI=1S/C17H27N5O2/c1-3-20-12-19-15-14(20)16(23)22(17(24)21(15)4-2)11-10-18-13-8-6-5-7-9-13/h12-13,18H,3-11H2,1-2H3. The van der Waals surface area contributed by atoms with Crippen LogP contribution in [0.1, 0.15) is 46.0 Å². The number of nitrogens with zero attached hydrogens (tertiary/aromatic N) is 4. The van der Waals surface area contributed by atoms with Gasteiger partial charge in [-0.3, -0.25) is 13.9 Å². The van der Waals surface area contributed by atoms with Crippen molar-refractivity contribution in [3.05, 3.63) is 27.2 Å². The molecule has 2 heterocycles. The molecule has 2 aromatic heterocycles. The maximum Gasteiger partial charge on any atom is 0.332 e. The molecule has 1 saturated carbocycles. The van der Waals surface area contributed by atoms with Gasteiger partial charge in [-0.05, 0) is 26.7 Å². The molecule has 3 rings (SSSR count). The summed E-state index contributed by atoms with van der Waals surface area (Å²) >= 11 is 0. The van der Waals surface area contributed by atoms with Crippen LogP contribution >= 0.6 is 0 Å². The summed E-state index contributed by atoms with van der Waals surface area (Å²) in [4.78, 5) is 29.7. The molecule has 0 aromatic carbocycles. The largest absolute Gasteiger partial charge is 0.332 e. The lowest BCUT2D eigenvalue weighted by Gasteiger charge is -2.23. The lowest BCUT2D eigenvalue weighted by molar-refractivity contribution is 0.365. The monoisotopic (exact) mass is 333 g/mol. The van der Waals surface area contributed by atoms with Crippen LogP contribution < -0.4 is 16.6 Å². The lowest BCUT2D eigenvalue weighted by Crippen LogP contribution is -2.43. The van der Waals surface area contributed by atoms with Crippen LogP contribution in [-0.4, -0.2) is 31.3 Å². The van der Waals surface area contributed by atoms with Gasteiger partial charge in [0.2, 0.25) is 0 Å². The van der Waals surface area contributed by atoms with E-state index in [1.54, 1.807) is 10.9 Å². The number of aromatic nitrogens is 4. The van der Waals surface area contributed by atoms with Crippen molar-refractivity contribution in [2.75, 3.05) is 6.54 Å². The maximum absolute atomic E-state index is 12.8. The fourth-order valence-corrected chi connectivity index (χ4v) is 3.65. The number of imidazole rings is 1. The summed E-state index contributed by atoms with van der Waals surface area (Å²) in [5.74, 6) is 0. The molecule has 0 unspecified atom stereocenters. The predicted octanol–water partition coefficient (Wildman–Crippen LogP) is 1.32. The Labute approximate surface area is 141 Å². The minimum Gasteiger partial charge on any atom is -0.325 e. The Bertz CT molecular complexity index is 811. The van der Waals surface area contributed by atoms with Gasteiger partial charge in [0.25, 0.3) is 5.56 Å². The van der Waals surface area contributed by atoms with Crippen LogP contribution in [-0.2, 0) is 19.6 Å². The third-order valence-corrected chi connectivity index (χ3v) is 5.01. The summed E-state index contributed by atoms with van der Waals surface area (Å²) in [6.07, 6.45) is 7.87. The highest BCUT2D eigenvalue weighted by Gasteiger charge is 2.17. The Balaban J connectivity index is 1.89. The Morgan fingerprint density at radius 1 is 1.12 bits per heavy atom. The van der Waals surface area contributed by atoms with Gasteiger partial charge < -0.3 is 9.88 Å². The first-order valence-corrected chi connectivity index (χ1v) is 9.09. The second-order valence-electron chi connectivity index (χ2n) is 6.48. The number of rotatable bonds is 6. The first kappa shape index (κ1) is 17.0. The van der Waals surface area contributed by atoms with Crippen molar-refractivity contribution in [1.29, 1.82) is 0 Å². The van der Waals surface area contributed by atoms with Crippen LogP contribution in [0, 0.1) is 0 Å². The number of hydrogen-bond donors (Lipinski definition) is 1. The Kier molecular flexibility index (Phi) is 5.18. The van der Waals surface area contributed by atoms with Crippen molar-refractivity contribution in [1.82, 2.24) is 24.0 Å². The van der Waals surface area contributed by atoms with E-state index in [0.717, 1.165) is 0 Å². The first-order chi connectivity index (χ1) is 11.7. The summed E-state index contributed by atoms with van der Waals surface area (Å²) in [5, 5.41) is 3.50. The zero-order chi connectivity index (χ0) is 17.1. The Hall–Kier alpha value is -1.89. The topological polar surface area (TPSA) is 73.8 Å². The van der Waals surface area contributed by atoms with Crippen LogP contribution in [0.5, 0.6) is 0 Å². The van der Waals surface area contributed by atoms with Gasteiger partial charge in [-0.25, -0.2) is 9.78 Å². The molecule has 2 aromatic rings. The van der Waals surface area contributed by atoms with E-state index in [1.165, 1.54) is 36.7 Å². The summed E-state index contributed by atoms with van der Waals surface area (Å²) < 4.78 is 4.76. The second-order valence-corrected chi connectivity index (χ2v) is 6.48. The van der Waals surface area contributed by atoms with Crippen molar-refractivity contribution in [3.8, 4) is 0 Å². The molecule has 1 fully saturated rings. The summed E-state index contributed by atoms with van der Waals surface area (Å²) in [6, 6.07) is 0.521. The Morgan fingerprint density at radius 2 is 1.88 bits per heavy atom. The minimum atomic E-state index is -0.262. The van der Waals surface area contributed by atoms with Gasteiger partial charge in [-0.2, -0.15) is 0 Å². The van der Waals surface area contributed by atoms with Crippen LogP contribution in [0.3, 0.4) is 0 Å². The van der Waals surface area contributed by atoms with Gasteiger partial charge in [0.1, 0.15) is 0 Å². The molecule has 0 spiro atoms. The van der Waals surface area contributed by atoms with E-state index in [9.17, 15) is 9.59 Å². The highest BCUT2D eigenvalue weighted by atomic mass is 16.2. The molecule has 0 amide bonds. The fraction of sp³-hybridized carbons (Fsp3) is 0.706. The highest BCUT2D eigenvalue weighted by molar-refractivity contribution is 5.70. The molecule has 7 heteroatoms. The van der Waals surface area contributed by atoms with E-state index in [4.69, 9.17) is 0 Å². The average molecular weight is 333 g/mol. The number of fused-ring (bicyclic) bond motifs is 1. The molecule has 7 nitrogen and oxygen atoms in total. The minimum absolute atomic E-state index is 0.232. The fourth-order valence-electron chi connectivity index (χ4n) is 3.65. The number of hydrogen-bond acceptors (Lipinski definition) is 4. The van der Waals surface area contributed by atoms with Crippen molar-refractivity contribution in [2.24, 2.45) is 0 Å². The predicted molar refractivity (Wildman–Crippen MR) is 94.5 cm³/mol. The number of aryl methyl sites for hydroxylation is 2. The first-order valence-electron chi connectivity index (χ1n) is 9.09. The van der Waals surface area contributed by atoms with E-state index >= 15 is 0 Å². The maximum atomic E-state index is 12.8. The molecule has 1 aliphatic carbocycles. The van der Waals surface area contributed by atoms with Crippen molar-refractivity contribution in [2.45, 2.75) is 71.6 Å². The van der Waals surface area contributed by atoms with Gasteiger partial charge in [0.15, 0.2) is 11.2 Å². The molecule has 1 aliphatic rings. The van der Waals surface area contributed by atoms with Crippen molar-refractivity contribution >= 4 is 11.2 Å². The van der Waals surface area contributed by atoms with Crippen LogP contribution in [0.4, 0.5) is 0 Å². The molecule has 132 valence electrons. The van der Waals surface area contributed by atoms with Gasteiger partial charge in [0.05, 0.1) is 6.33 Å². The van der Waals surface area contributed by atoms with Gasteiger partial charge in [-0.15, -0.1) is 0 Å². The normalized spacial score (nSPS) is 16.1. The summed E-state index contributed by atoms with van der Waals surface area (Å²) in [7, 11) is 0. The van der Waals surface area contributed by atoms with Gasteiger partial charge >= 0.3 is 5.69 Å². The molecule has 0 saturated heterocycles. The lowest BCUT2D eigenvalue weighted by atomic mass is 9.95. The van der Waals surface area contributed by atoms with Gasteiger partial charge in [-0.1, -0.05) is 19.3 Å². The van der Waals surface area contributed by atoms with E-state index < -0.39 is 0 Å². The molecule has 0 bridgehead atoms. The third-order valence-electron chi connectivity index (χ3n) is 5.01. The molecule has 0 aliphatic heterocycles. The number of nitrogens with one attached hydrogen (secondary N) is 1. The zero-order valence-electron chi connectivity index (χ0n) is 14.6. The third kappa shape index (κ3) is 3.05. The molecular weight excluding hydrogens is 306 g/mol. The van der Waals surface area contributed by atoms with Crippen LogP contribution in [0.2, 0.25) is 0 Å². The average Bonchev–Trinajstić information content (AvgIpc) is 3.03. The van der Waals surface area contributed by atoms with E-state index in [2.05, 4.69) is 10.3 Å². The van der Waals surface area contributed by atoms with E-state index in [-0.39, 0.29) is 11.2 Å². The van der Waals surface area contributed by atoms with E-state index in [0.29, 0.717) is 43.4 Å². The smallest absolute Gasteiger partial charge is 0.325 e. The molecule has 0 radical (unpaired) electrons. The summed E-state index contributed by atoms with van der Waals surface area (Å²) in [5.41, 5.74) is 0.522. The Morgan fingerprint density at radius 3 is 2.54 bits per heavy atom. The zero-order valence-corrected chi connectivity index (χ0v) is 14.6. The second kappa shape index (κ2) is 7.34. The van der Waals surface area contributed by atoms with Crippen LogP contribution in [0.15, 0.2) is 15.9 Å². The SMILES string of the molecule is CCn1cnc2c1c(=O)n(CCNC1CCCCC1)c(=O)n2CC. The summed E-state index contributed by atoms with van der Waals surface area (Å²) in [6.45, 7) is 6.09.